The first-order valence-electron chi connectivity index (χ1n) is 8.58. The Balaban J connectivity index is 1.49. The second-order valence-corrected chi connectivity index (χ2v) is 8.40. The lowest BCUT2D eigenvalue weighted by molar-refractivity contribution is -0.126. The Bertz CT molecular complexity index is 834. The lowest BCUT2D eigenvalue weighted by Gasteiger charge is -2.26. The molecule has 3 aromatic heterocycles. The van der Waals surface area contributed by atoms with Gasteiger partial charge in [0.15, 0.2) is 0 Å². The van der Waals surface area contributed by atoms with Crippen molar-refractivity contribution in [3.63, 3.8) is 0 Å². The molecule has 1 aliphatic carbocycles. The number of carbonyl (C=O) groups is 1. The molecular weight excluding hydrogens is 348 g/mol. The Morgan fingerprint density at radius 3 is 2.64 bits per heavy atom. The summed E-state index contributed by atoms with van der Waals surface area (Å²) in [7, 11) is 0. The molecule has 3 nitrogen and oxygen atoms in total. The molecule has 1 N–H and O–H groups in total. The predicted octanol–water partition coefficient (Wildman–Crippen LogP) is 5.00. The van der Waals surface area contributed by atoms with E-state index in [1.165, 1.54) is 9.75 Å². The number of nitrogens with one attached hydrogen (secondary N) is 1. The van der Waals surface area contributed by atoms with E-state index < -0.39 is 0 Å². The number of carbonyl (C=O) groups excluding carboxylic acids is 1. The highest BCUT2D eigenvalue weighted by Crippen LogP contribution is 2.43. The maximum Gasteiger partial charge on any atom is 0.231 e. The lowest BCUT2D eigenvalue weighted by Crippen LogP contribution is -2.41. The van der Waals surface area contributed by atoms with Crippen LogP contribution in [0.4, 0.5) is 0 Å². The minimum absolute atomic E-state index is 0.161. The van der Waals surface area contributed by atoms with Crippen LogP contribution in [0.15, 0.2) is 53.5 Å². The van der Waals surface area contributed by atoms with Crippen molar-refractivity contribution in [2.24, 2.45) is 0 Å². The Labute approximate surface area is 155 Å². The van der Waals surface area contributed by atoms with E-state index in [4.69, 9.17) is 0 Å². The van der Waals surface area contributed by atoms with Crippen molar-refractivity contribution in [1.82, 2.24) is 10.3 Å². The number of hydrogen-bond donors (Lipinski definition) is 1. The zero-order valence-corrected chi connectivity index (χ0v) is 15.5. The summed E-state index contributed by atoms with van der Waals surface area (Å²) in [6.45, 7) is 0.526. The highest BCUT2D eigenvalue weighted by Gasteiger charge is 2.43. The van der Waals surface area contributed by atoms with Gasteiger partial charge in [0.05, 0.1) is 5.41 Å². The van der Waals surface area contributed by atoms with Crippen molar-refractivity contribution >= 4 is 28.6 Å². The summed E-state index contributed by atoms with van der Waals surface area (Å²) in [6.07, 6.45) is 7.87. The van der Waals surface area contributed by atoms with Crippen molar-refractivity contribution in [1.29, 1.82) is 0 Å². The van der Waals surface area contributed by atoms with Gasteiger partial charge in [-0.15, -0.1) is 22.7 Å². The fraction of sp³-hybridized carbons (Fsp3) is 0.300. The first kappa shape index (κ1) is 16.5. The van der Waals surface area contributed by atoms with Crippen LogP contribution in [0.5, 0.6) is 0 Å². The summed E-state index contributed by atoms with van der Waals surface area (Å²) in [5, 5.41) is 7.30. The molecule has 1 aliphatic rings. The van der Waals surface area contributed by atoms with E-state index in [0.717, 1.165) is 36.8 Å². The minimum atomic E-state index is -0.326. The molecule has 1 saturated carbocycles. The number of amides is 1. The van der Waals surface area contributed by atoms with Crippen molar-refractivity contribution in [3.05, 3.63) is 63.9 Å². The topological polar surface area (TPSA) is 42.0 Å². The fourth-order valence-electron chi connectivity index (χ4n) is 3.63. The summed E-state index contributed by atoms with van der Waals surface area (Å²) < 4.78 is 0. The summed E-state index contributed by atoms with van der Waals surface area (Å²) in [5.74, 6) is 0.161. The van der Waals surface area contributed by atoms with E-state index in [9.17, 15) is 4.79 Å². The molecule has 0 spiro atoms. The van der Waals surface area contributed by atoms with Gasteiger partial charge < -0.3 is 5.32 Å². The summed E-state index contributed by atoms with van der Waals surface area (Å²) in [4.78, 5) is 19.8. The second kappa shape index (κ2) is 7.10. The van der Waals surface area contributed by atoms with Gasteiger partial charge in [0.2, 0.25) is 5.91 Å². The van der Waals surface area contributed by atoms with Gasteiger partial charge in [0, 0.05) is 34.3 Å². The normalized spacial score (nSPS) is 16.0. The number of hydrogen-bond acceptors (Lipinski definition) is 4. The third-order valence-corrected chi connectivity index (χ3v) is 6.93. The highest BCUT2D eigenvalue weighted by molar-refractivity contribution is 7.13. The van der Waals surface area contributed by atoms with Gasteiger partial charge in [-0.2, -0.15) is 0 Å². The predicted molar refractivity (Wildman–Crippen MR) is 104 cm³/mol. The molecule has 1 amide bonds. The molecule has 0 saturated heterocycles. The van der Waals surface area contributed by atoms with Crippen LogP contribution in [0.1, 0.15) is 36.1 Å². The monoisotopic (exact) mass is 368 g/mol. The van der Waals surface area contributed by atoms with E-state index in [0.29, 0.717) is 6.54 Å². The first-order valence-corrected chi connectivity index (χ1v) is 10.3. The average molecular weight is 369 g/mol. The SMILES string of the molecule is O=C(NCc1cncc(-c2cccs2)c1)C1(c2cccs2)CCCC1. The smallest absolute Gasteiger partial charge is 0.231 e. The number of aromatic nitrogens is 1. The molecular formula is C20H20N2OS2. The average Bonchev–Trinajstić information content (AvgIpc) is 3.42. The molecule has 0 aromatic carbocycles. The summed E-state index contributed by atoms with van der Waals surface area (Å²) in [5.41, 5.74) is 1.82. The Kier molecular flexibility index (Phi) is 4.68. The molecule has 4 rings (SSSR count). The maximum atomic E-state index is 13.0. The summed E-state index contributed by atoms with van der Waals surface area (Å²) in [6, 6.07) is 10.4. The van der Waals surface area contributed by atoms with Crippen molar-refractivity contribution in [2.45, 2.75) is 37.6 Å². The Morgan fingerprint density at radius 1 is 1.12 bits per heavy atom. The molecule has 0 aliphatic heterocycles. The molecule has 0 radical (unpaired) electrons. The van der Waals surface area contributed by atoms with Gasteiger partial charge in [-0.3, -0.25) is 9.78 Å². The van der Waals surface area contributed by atoms with Gasteiger partial charge in [-0.05, 0) is 47.4 Å². The molecule has 5 heteroatoms. The van der Waals surface area contributed by atoms with E-state index in [-0.39, 0.29) is 11.3 Å². The standard InChI is InChI=1S/C20H20N2OS2/c23-19(20(7-1-2-8-20)18-6-4-10-25-18)22-13-15-11-16(14-21-12-15)17-5-3-9-24-17/h3-6,9-12,14H,1-2,7-8,13H2,(H,22,23). The lowest BCUT2D eigenvalue weighted by atomic mass is 9.83. The van der Waals surface area contributed by atoms with Crippen molar-refractivity contribution in [2.75, 3.05) is 0 Å². The zero-order chi connectivity index (χ0) is 17.1. The quantitative estimate of drug-likeness (QED) is 0.688. The Hall–Kier alpha value is -1.98. The van der Waals surface area contributed by atoms with Crippen LogP contribution in [-0.4, -0.2) is 10.9 Å². The zero-order valence-electron chi connectivity index (χ0n) is 13.9. The largest absolute Gasteiger partial charge is 0.351 e. The van der Waals surface area contributed by atoms with Gasteiger partial charge >= 0.3 is 0 Å². The van der Waals surface area contributed by atoms with Crippen molar-refractivity contribution < 1.29 is 4.79 Å². The molecule has 3 aromatic rings. The Morgan fingerprint density at radius 2 is 1.92 bits per heavy atom. The van der Waals surface area contributed by atoms with Crippen molar-refractivity contribution in [3.8, 4) is 10.4 Å². The molecule has 0 bridgehead atoms. The number of thiophene rings is 2. The van der Waals surface area contributed by atoms with Gasteiger partial charge in [0.25, 0.3) is 0 Å². The molecule has 1 fully saturated rings. The molecule has 128 valence electrons. The fourth-order valence-corrected chi connectivity index (χ4v) is 5.32. The third-order valence-electron chi connectivity index (χ3n) is 4.94. The first-order chi connectivity index (χ1) is 12.3. The second-order valence-electron chi connectivity index (χ2n) is 6.51. The van der Waals surface area contributed by atoms with Crippen LogP contribution in [0.2, 0.25) is 0 Å². The number of pyridine rings is 1. The van der Waals surface area contributed by atoms with Crippen LogP contribution < -0.4 is 5.32 Å². The van der Waals surface area contributed by atoms with E-state index in [1.54, 1.807) is 22.7 Å². The third kappa shape index (κ3) is 3.26. The van der Waals surface area contributed by atoms with Crippen LogP contribution in [0, 0.1) is 0 Å². The summed E-state index contributed by atoms with van der Waals surface area (Å²) >= 11 is 3.40. The molecule has 0 atom stereocenters. The van der Waals surface area contributed by atoms with E-state index in [1.807, 2.05) is 24.5 Å². The van der Waals surface area contributed by atoms with Gasteiger partial charge in [-0.1, -0.05) is 25.0 Å². The van der Waals surface area contributed by atoms with Crippen LogP contribution in [0.25, 0.3) is 10.4 Å². The van der Waals surface area contributed by atoms with Gasteiger partial charge in [0.1, 0.15) is 0 Å². The number of rotatable bonds is 5. The number of nitrogens with zero attached hydrogens (tertiary/aromatic N) is 1. The van der Waals surface area contributed by atoms with Crippen LogP contribution in [-0.2, 0) is 16.8 Å². The molecule has 25 heavy (non-hydrogen) atoms. The minimum Gasteiger partial charge on any atom is -0.351 e. The van der Waals surface area contributed by atoms with E-state index in [2.05, 4.69) is 39.3 Å². The highest BCUT2D eigenvalue weighted by atomic mass is 32.1. The van der Waals surface area contributed by atoms with Crippen LogP contribution in [0.3, 0.4) is 0 Å². The molecule has 0 unspecified atom stereocenters. The van der Waals surface area contributed by atoms with Gasteiger partial charge in [-0.25, -0.2) is 0 Å². The van der Waals surface area contributed by atoms with E-state index >= 15 is 0 Å². The maximum absolute atomic E-state index is 13.0. The van der Waals surface area contributed by atoms with Crippen LogP contribution >= 0.6 is 22.7 Å². The molecule has 3 heterocycles.